The molecular weight excluding hydrogens is 322 g/mol. The Balaban J connectivity index is 2.34. The lowest BCUT2D eigenvalue weighted by Gasteiger charge is -2.18. The molecule has 1 aromatic heterocycles. The third-order valence-electron chi connectivity index (χ3n) is 3.58. The number of hydrogen-bond donors (Lipinski definition) is 3. The number of aromatic amines is 1. The number of carbonyl (C=O) groups excluding carboxylic acids is 2. The van der Waals surface area contributed by atoms with Gasteiger partial charge in [0, 0.05) is 26.8 Å². The van der Waals surface area contributed by atoms with Gasteiger partial charge in [-0.05, 0) is 12.5 Å². The quantitative estimate of drug-likeness (QED) is 0.681. The van der Waals surface area contributed by atoms with Gasteiger partial charge in [-0.3, -0.25) is 9.59 Å². The Morgan fingerprint density at radius 2 is 1.92 bits per heavy atom. The molecule has 134 valence electrons. The lowest BCUT2D eigenvalue weighted by Crippen LogP contribution is -2.24. The molecule has 2 rings (SSSR count). The van der Waals surface area contributed by atoms with Gasteiger partial charge in [-0.15, -0.1) is 0 Å². The van der Waals surface area contributed by atoms with Gasteiger partial charge in [-0.1, -0.05) is 30.3 Å². The highest BCUT2D eigenvalue weighted by molar-refractivity contribution is 5.99. The minimum atomic E-state index is -0.410. The van der Waals surface area contributed by atoms with Gasteiger partial charge >= 0.3 is 0 Å². The number of rotatable bonds is 8. The van der Waals surface area contributed by atoms with E-state index in [4.69, 9.17) is 9.47 Å². The van der Waals surface area contributed by atoms with Crippen LogP contribution in [0.5, 0.6) is 5.75 Å². The molecule has 0 aliphatic rings. The van der Waals surface area contributed by atoms with Crippen molar-refractivity contribution in [2.75, 3.05) is 27.3 Å². The van der Waals surface area contributed by atoms with Gasteiger partial charge in [-0.2, -0.15) is 0 Å². The molecule has 1 atom stereocenters. The third kappa shape index (κ3) is 4.60. The molecule has 0 saturated carbocycles. The van der Waals surface area contributed by atoms with Gasteiger partial charge in [-0.25, -0.2) is 0 Å². The summed E-state index contributed by atoms with van der Waals surface area (Å²) >= 11 is 0. The summed E-state index contributed by atoms with van der Waals surface area (Å²) in [6.07, 6.45) is -0.410. The molecule has 0 radical (unpaired) electrons. The summed E-state index contributed by atoms with van der Waals surface area (Å²) in [5.74, 6) is -0.369. The monoisotopic (exact) mass is 345 g/mol. The van der Waals surface area contributed by atoms with E-state index in [0.717, 1.165) is 5.56 Å². The molecule has 0 fully saturated rings. The maximum Gasteiger partial charge on any atom is 0.271 e. The van der Waals surface area contributed by atoms with Gasteiger partial charge in [0.2, 0.25) is 0 Å². The molecule has 1 aromatic carbocycles. The summed E-state index contributed by atoms with van der Waals surface area (Å²) in [4.78, 5) is 27.0. The van der Waals surface area contributed by atoms with E-state index in [1.54, 1.807) is 7.11 Å². The summed E-state index contributed by atoms with van der Waals surface area (Å²) in [5.41, 5.74) is 1.37. The van der Waals surface area contributed by atoms with E-state index < -0.39 is 6.10 Å². The molecule has 0 bridgehead atoms. The number of hydrogen-bond acceptors (Lipinski definition) is 4. The van der Waals surface area contributed by atoms with Crippen molar-refractivity contribution in [3.63, 3.8) is 0 Å². The van der Waals surface area contributed by atoms with Crippen LogP contribution in [0, 0.1) is 0 Å². The van der Waals surface area contributed by atoms with Crippen LogP contribution in [0.4, 0.5) is 0 Å². The predicted molar refractivity (Wildman–Crippen MR) is 93.9 cm³/mol. The second-order valence-electron chi connectivity index (χ2n) is 5.33. The molecule has 7 nitrogen and oxygen atoms in total. The van der Waals surface area contributed by atoms with Crippen LogP contribution in [0.3, 0.4) is 0 Å². The van der Waals surface area contributed by atoms with Gasteiger partial charge in [0.15, 0.2) is 5.75 Å². The predicted octanol–water partition coefficient (Wildman–Crippen LogP) is 1.89. The van der Waals surface area contributed by atoms with Crippen LogP contribution < -0.4 is 15.4 Å². The van der Waals surface area contributed by atoms with Crippen molar-refractivity contribution in [2.45, 2.75) is 13.0 Å². The first-order chi connectivity index (χ1) is 12.1. The Morgan fingerprint density at radius 1 is 1.20 bits per heavy atom. The summed E-state index contributed by atoms with van der Waals surface area (Å²) in [6.45, 7) is 2.61. The fraction of sp³-hybridized carbons (Fsp3) is 0.333. The summed E-state index contributed by atoms with van der Waals surface area (Å²) < 4.78 is 11.2. The topological polar surface area (TPSA) is 92.4 Å². The molecule has 0 saturated heterocycles. The van der Waals surface area contributed by atoms with Crippen LogP contribution in [0.25, 0.3) is 0 Å². The maximum atomic E-state index is 12.1. The second kappa shape index (κ2) is 8.89. The second-order valence-corrected chi connectivity index (χ2v) is 5.33. The van der Waals surface area contributed by atoms with Crippen molar-refractivity contribution in [3.8, 4) is 5.75 Å². The molecule has 2 amide bonds. The van der Waals surface area contributed by atoms with Crippen LogP contribution in [-0.2, 0) is 4.74 Å². The molecule has 1 heterocycles. The van der Waals surface area contributed by atoms with E-state index in [1.165, 1.54) is 13.1 Å². The van der Waals surface area contributed by atoms with Crippen molar-refractivity contribution in [1.82, 2.24) is 15.6 Å². The average molecular weight is 345 g/mol. The van der Waals surface area contributed by atoms with Gasteiger partial charge in [0.25, 0.3) is 11.8 Å². The van der Waals surface area contributed by atoms with E-state index in [0.29, 0.717) is 18.9 Å². The molecule has 0 unspecified atom stereocenters. The van der Waals surface area contributed by atoms with Crippen molar-refractivity contribution < 1.29 is 19.1 Å². The molecule has 25 heavy (non-hydrogen) atoms. The molecule has 7 heteroatoms. The van der Waals surface area contributed by atoms with Crippen LogP contribution in [0.15, 0.2) is 36.4 Å². The summed E-state index contributed by atoms with van der Waals surface area (Å²) in [6, 6.07) is 11.1. The zero-order chi connectivity index (χ0) is 18.2. The van der Waals surface area contributed by atoms with E-state index in [2.05, 4.69) is 15.6 Å². The number of benzene rings is 1. The lowest BCUT2D eigenvalue weighted by molar-refractivity contribution is 0.0784. The number of nitrogens with one attached hydrogen (secondary N) is 3. The van der Waals surface area contributed by atoms with Crippen molar-refractivity contribution in [3.05, 3.63) is 53.3 Å². The smallest absolute Gasteiger partial charge is 0.271 e. The Bertz CT molecular complexity index is 712. The molecular formula is C18H23N3O4. The Morgan fingerprint density at radius 3 is 2.52 bits per heavy atom. The van der Waals surface area contributed by atoms with E-state index in [-0.39, 0.29) is 23.2 Å². The Hall–Kier alpha value is -2.80. The van der Waals surface area contributed by atoms with Crippen molar-refractivity contribution in [1.29, 1.82) is 0 Å². The largest absolute Gasteiger partial charge is 0.481 e. The van der Waals surface area contributed by atoms with Gasteiger partial charge in [0.05, 0.1) is 6.61 Å². The first-order valence-corrected chi connectivity index (χ1v) is 8.04. The molecule has 0 aliphatic heterocycles. The number of methoxy groups -OCH3 is 1. The van der Waals surface area contributed by atoms with Crippen LogP contribution >= 0.6 is 0 Å². The van der Waals surface area contributed by atoms with E-state index in [1.807, 2.05) is 37.3 Å². The normalized spacial score (nSPS) is 11.6. The highest BCUT2D eigenvalue weighted by Gasteiger charge is 2.22. The Kier molecular flexibility index (Phi) is 6.59. The van der Waals surface area contributed by atoms with Crippen molar-refractivity contribution >= 4 is 11.8 Å². The number of ether oxygens (including phenoxy) is 2. The van der Waals surface area contributed by atoms with Crippen LogP contribution in [0.2, 0.25) is 0 Å². The highest BCUT2D eigenvalue weighted by Crippen LogP contribution is 2.27. The number of H-pyrrole nitrogens is 1. The summed E-state index contributed by atoms with van der Waals surface area (Å²) in [5, 5.41) is 5.23. The average Bonchev–Trinajstić information content (AvgIpc) is 3.05. The van der Waals surface area contributed by atoms with Gasteiger partial charge < -0.3 is 25.1 Å². The van der Waals surface area contributed by atoms with Gasteiger partial charge in [0.1, 0.15) is 17.5 Å². The first-order valence-electron chi connectivity index (χ1n) is 8.04. The first kappa shape index (κ1) is 18.5. The minimum absolute atomic E-state index is 0.195. The SMILES string of the molecule is CCNC(=O)c1cc(O[C@@H](COC)c2ccccc2)c(C(=O)NC)[nH]1. The fourth-order valence-corrected chi connectivity index (χ4v) is 2.37. The Labute approximate surface area is 146 Å². The van der Waals surface area contributed by atoms with Crippen LogP contribution in [-0.4, -0.2) is 44.1 Å². The van der Waals surface area contributed by atoms with Crippen LogP contribution in [0.1, 0.15) is 39.6 Å². The van der Waals surface area contributed by atoms with Crippen molar-refractivity contribution in [2.24, 2.45) is 0 Å². The highest BCUT2D eigenvalue weighted by atomic mass is 16.5. The molecule has 0 spiro atoms. The number of amides is 2. The molecule has 3 N–H and O–H groups in total. The third-order valence-corrected chi connectivity index (χ3v) is 3.58. The van der Waals surface area contributed by atoms with E-state index >= 15 is 0 Å². The minimum Gasteiger partial charge on any atom is -0.481 e. The molecule has 2 aromatic rings. The van der Waals surface area contributed by atoms with E-state index in [9.17, 15) is 9.59 Å². The zero-order valence-electron chi connectivity index (χ0n) is 14.6. The molecule has 0 aliphatic carbocycles. The number of carbonyl (C=O) groups is 2. The standard InChI is InChI=1S/C18H23N3O4/c1-4-20-17(22)13-10-14(16(21-13)18(23)19-2)25-15(11-24-3)12-8-6-5-7-9-12/h5-10,15,21H,4,11H2,1-3H3,(H,19,23)(H,20,22)/t15-/m0/s1. The zero-order valence-corrected chi connectivity index (χ0v) is 14.6. The summed E-state index contributed by atoms with van der Waals surface area (Å²) in [7, 11) is 3.10. The maximum absolute atomic E-state index is 12.1. The number of aromatic nitrogens is 1. The fourth-order valence-electron chi connectivity index (χ4n) is 2.37. The lowest BCUT2D eigenvalue weighted by atomic mass is 10.1.